The van der Waals surface area contributed by atoms with Crippen LogP contribution in [0.2, 0.25) is 0 Å². The average molecular weight is 855 g/mol. The van der Waals surface area contributed by atoms with Crippen molar-refractivity contribution < 1.29 is 0 Å². The number of rotatable bonds is 7. The number of aromatic nitrogens is 1. The molecule has 316 valence electrons. The Morgan fingerprint density at radius 2 is 0.701 bits per heavy atom. The standard InChI is InChI=1S/C65H46N2/c1-65(2)60-26-10-7-21-56(60)59-42-41-55(64(63(59)65)67-61-27-11-8-22-57(61)58-23-9-12-28-62(58)67)47-33-39-50(40-34-47)66(48-35-29-45(30-36-48)53-24-13-17-43-15-3-5-19-51(43)53)49-37-31-46(32-38-49)54-25-14-18-44-16-4-6-20-52(44)54/h3-42H,1-2H3. The van der Waals surface area contributed by atoms with Gasteiger partial charge in [0.25, 0.3) is 0 Å². The Labute approximate surface area is 391 Å². The Hall–Kier alpha value is -8.46. The number of hydrogen-bond acceptors (Lipinski definition) is 1. The number of para-hydroxylation sites is 2. The van der Waals surface area contributed by atoms with Crippen molar-refractivity contribution in [3.05, 3.63) is 254 Å². The van der Waals surface area contributed by atoms with Crippen molar-refractivity contribution >= 4 is 60.4 Å². The van der Waals surface area contributed by atoms with Crippen LogP contribution in [0.25, 0.3) is 93.5 Å². The second-order valence-corrected chi connectivity index (χ2v) is 18.5. The maximum atomic E-state index is 2.54. The molecule has 0 saturated heterocycles. The van der Waals surface area contributed by atoms with Crippen molar-refractivity contribution in [1.29, 1.82) is 0 Å². The van der Waals surface area contributed by atoms with Gasteiger partial charge in [-0.25, -0.2) is 0 Å². The summed E-state index contributed by atoms with van der Waals surface area (Å²) in [6.07, 6.45) is 0. The van der Waals surface area contributed by atoms with Gasteiger partial charge < -0.3 is 9.47 Å². The summed E-state index contributed by atoms with van der Waals surface area (Å²) in [5.41, 5.74) is 19.3. The van der Waals surface area contributed by atoms with E-state index in [0.29, 0.717) is 0 Å². The second kappa shape index (κ2) is 15.3. The third kappa shape index (κ3) is 6.18. The molecule has 0 saturated carbocycles. The van der Waals surface area contributed by atoms with Crippen LogP contribution < -0.4 is 4.90 Å². The fourth-order valence-electron chi connectivity index (χ4n) is 11.2. The van der Waals surface area contributed by atoms with E-state index in [1.54, 1.807) is 0 Å². The van der Waals surface area contributed by atoms with Gasteiger partial charge in [-0.2, -0.15) is 0 Å². The summed E-state index contributed by atoms with van der Waals surface area (Å²) in [7, 11) is 0. The smallest absolute Gasteiger partial charge is 0.0587 e. The van der Waals surface area contributed by atoms with Gasteiger partial charge in [0.05, 0.1) is 16.7 Å². The highest BCUT2D eigenvalue weighted by Gasteiger charge is 2.39. The minimum absolute atomic E-state index is 0.225. The molecule has 0 fully saturated rings. The third-order valence-corrected chi connectivity index (χ3v) is 14.4. The van der Waals surface area contributed by atoms with E-state index in [2.05, 4.69) is 266 Å². The lowest BCUT2D eigenvalue weighted by Crippen LogP contribution is -2.18. The lowest BCUT2D eigenvalue weighted by Gasteiger charge is -2.28. The molecule has 13 rings (SSSR count). The fraction of sp³-hybridized carbons (Fsp3) is 0.0462. The van der Waals surface area contributed by atoms with Crippen molar-refractivity contribution in [3.63, 3.8) is 0 Å². The highest BCUT2D eigenvalue weighted by molar-refractivity contribution is 6.10. The van der Waals surface area contributed by atoms with Crippen LogP contribution in [0, 0.1) is 0 Å². The van der Waals surface area contributed by atoms with Crippen LogP contribution in [0.4, 0.5) is 17.1 Å². The first-order valence-corrected chi connectivity index (χ1v) is 23.3. The van der Waals surface area contributed by atoms with Crippen LogP contribution in [-0.2, 0) is 5.41 Å². The summed E-state index contributed by atoms with van der Waals surface area (Å²) in [5, 5.41) is 7.53. The van der Waals surface area contributed by atoms with Gasteiger partial charge >= 0.3 is 0 Å². The second-order valence-electron chi connectivity index (χ2n) is 18.5. The molecule has 0 unspecified atom stereocenters. The lowest BCUT2D eigenvalue weighted by molar-refractivity contribution is 0.657. The summed E-state index contributed by atoms with van der Waals surface area (Å²) >= 11 is 0. The predicted molar refractivity (Wildman–Crippen MR) is 284 cm³/mol. The maximum Gasteiger partial charge on any atom is 0.0587 e. The fourth-order valence-corrected chi connectivity index (χ4v) is 11.2. The molecule has 1 heterocycles. The monoisotopic (exact) mass is 854 g/mol. The SMILES string of the molecule is CC1(C)c2ccccc2-c2ccc(-c3ccc(N(c4ccc(-c5cccc6ccccc56)cc4)c4ccc(-c5cccc6ccccc56)cc4)cc3)c(-n3c4ccccc4c4ccccc43)c21. The van der Waals surface area contributed by atoms with Gasteiger partial charge in [-0.05, 0) is 120 Å². The molecule has 2 nitrogen and oxygen atoms in total. The zero-order valence-electron chi connectivity index (χ0n) is 37.5. The molecule has 0 spiro atoms. The van der Waals surface area contributed by atoms with Crippen molar-refractivity contribution in [3.8, 4) is 50.2 Å². The first kappa shape index (κ1) is 39.0. The molecular formula is C65H46N2. The normalized spacial score (nSPS) is 12.7. The van der Waals surface area contributed by atoms with Crippen molar-refractivity contribution in [2.45, 2.75) is 19.3 Å². The minimum atomic E-state index is -0.225. The number of hydrogen-bond donors (Lipinski definition) is 0. The zero-order chi connectivity index (χ0) is 44.6. The molecule has 0 bridgehead atoms. The average Bonchev–Trinajstić information content (AvgIpc) is 3.84. The highest BCUT2D eigenvalue weighted by Crippen LogP contribution is 2.54. The summed E-state index contributed by atoms with van der Waals surface area (Å²) in [6.45, 7) is 4.80. The van der Waals surface area contributed by atoms with E-state index in [1.807, 2.05) is 0 Å². The minimum Gasteiger partial charge on any atom is -0.311 e. The van der Waals surface area contributed by atoms with Crippen LogP contribution in [0.5, 0.6) is 0 Å². The summed E-state index contributed by atoms with van der Waals surface area (Å²) in [5.74, 6) is 0. The molecule has 0 N–H and O–H groups in total. The molecule has 0 aliphatic heterocycles. The molecule has 2 heteroatoms. The molecule has 1 aromatic heterocycles. The number of anilines is 3. The van der Waals surface area contributed by atoms with Gasteiger partial charge in [0.2, 0.25) is 0 Å². The van der Waals surface area contributed by atoms with Crippen LogP contribution in [-0.4, -0.2) is 4.57 Å². The molecule has 1 aliphatic rings. The van der Waals surface area contributed by atoms with Gasteiger partial charge in [0, 0.05) is 38.8 Å². The van der Waals surface area contributed by atoms with Crippen LogP contribution >= 0.6 is 0 Å². The van der Waals surface area contributed by atoms with Gasteiger partial charge in [-0.1, -0.05) is 208 Å². The molecule has 67 heavy (non-hydrogen) atoms. The molecule has 11 aromatic carbocycles. The number of fused-ring (bicyclic) bond motifs is 8. The van der Waals surface area contributed by atoms with E-state index in [-0.39, 0.29) is 5.41 Å². The quantitative estimate of drug-likeness (QED) is 0.155. The summed E-state index contributed by atoms with van der Waals surface area (Å²) < 4.78 is 2.54. The topological polar surface area (TPSA) is 8.17 Å². The van der Waals surface area contributed by atoms with E-state index in [0.717, 1.165) is 17.1 Å². The molecule has 12 aromatic rings. The van der Waals surface area contributed by atoms with Crippen molar-refractivity contribution in [1.82, 2.24) is 4.57 Å². The van der Waals surface area contributed by atoms with Gasteiger partial charge in [-0.15, -0.1) is 0 Å². The molecule has 0 amide bonds. The van der Waals surface area contributed by atoms with E-state index in [9.17, 15) is 0 Å². The van der Waals surface area contributed by atoms with E-state index >= 15 is 0 Å². The summed E-state index contributed by atoms with van der Waals surface area (Å²) in [6, 6.07) is 89.3. The maximum absolute atomic E-state index is 2.54. The Morgan fingerprint density at radius 1 is 0.313 bits per heavy atom. The van der Waals surface area contributed by atoms with Gasteiger partial charge in [0.15, 0.2) is 0 Å². The summed E-state index contributed by atoms with van der Waals surface area (Å²) in [4.78, 5) is 2.39. The molecule has 1 aliphatic carbocycles. The van der Waals surface area contributed by atoms with E-state index in [4.69, 9.17) is 0 Å². The van der Waals surface area contributed by atoms with Gasteiger partial charge in [-0.3, -0.25) is 0 Å². The Kier molecular flexibility index (Phi) is 8.91. The Balaban J connectivity index is 0.970. The Bertz CT molecular complexity index is 3680. The zero-order valence-corrected chi connectivity index (χ0v) is 37.5. The van der Waals surface area contributed by atoms with Crippen LogP contribution in [0.15, 0.2) is 243 Å². The molecule has 0 radical (unpaired) electrons. The third-order valence-electron chi connectivity index (χ3n) is 14.4. The van der Waals surface area contributed by atoms with E-state index in [1.165, 1.54) is 105 Å². The number of benzene rings is 11. The van der Waals surface area contributed by atoms with Crippen molar-refractivity contribution in [2.24, 2.45) is 0 Å². The largest absolute Gasteiger partial charge is 0.311 e. The predicted octanol–water partition coefficient (Wildman–Crippen LogP) is 17.9. The molecular weight excluding hydrogens is 809 g/mol. The van der Waals surface area contributed by atoms with Crippen LogP contribution in [0.1, 0.15) is 25.0 Å². The van der Waals surface area contributed by atoms with Gasteiger partial charge in [0.1, 0.15) is 0 Å². The van der Waals surface area contributed by atoms with E-state index < -0.39 is 0 Å². The number of nitrogens with zero attached hydrogens (tertiary/aromatic N) is 2. The van der Waals surface area contributed by atoms with Crippen LogP contribution in [0.3, 0.4) is 0 Å². The highest BCUT2D eigenvalue weighted by atomic mass is 15.1. The first-order valence-electron chi connectivity index (χ1n) is 23.3. The lowest BCUT2D eigenvalue weighted by atomic mass is 9.80. The molecule has 0 atom stereocenters. The Morgan fingerprint density at radius 3 is 1.22 bits per heavy atom. The first-order chi connectivity index (χ1) is 33.0. The van der Waals surface area contributed by atoms with Crippen molar-refractivity contribution in [2.75, 3.05) is 4.90 Å².